The Morgan fingerprint density at radius 1 is 1.08 bits per heavy atom. The van der Waals surface area contributed by atoms with Crippen molar-refractivity contribution in [1.29, 1.82) is 0 Å². The molecule has 142 valence electrons. The minimum Gasteiger partial charge on any atom is -0.373 e. The molecule has 3 heterocycles. The lowest BCUT2D eigenvalue weighted by atomic mass is 9.97. The number of amides is 1. The van der Waals surface area contributed by atoms with E-state index in [1.54, 1.807) is 0 Å². The molecule has 1 N–H and O–H groups in total. The van der Waals surface area contributed by atoms with Crippen LogP contribution in [0.4, 0.5) is 5.82 Å². The molecule has 1 saturated heterocycles. The number of anilines is 1. The molecule has 2 fully saturated rings. The molecule has 0 aromatic carbocycles. The van der Waals surface area contributed by atoms with E-state index in [0.717, 1.165) is 75.5 Å². The molecule has 0 spiro atoms. The Hall–Kier alpha value is -1.69. The number of carbonyl (C=O) groups is 1. The molecule has 0 bridgehead atoms. The Bertz CT molecular complexity index is 670. The van der Waals surface area contributed by atoms with E-state index in [2.05, 4.69) is 22.2 Å². The van der Waals surface area contributed by atoms with Gasteiger partial charge in [0, 0.05) is 38.2 Å². The second-order valence-electron chi connectivity index (χ2n) is 8.12. The van der Waals surface area contributed by atoms with Crippen molar-refractivity contribution < 1.29 is 4.79 Å². The predicted octanol–water partition coefficient (Wildman–Crippen LogP) is 2.75. The lowest BCUT2D eigenvalue weighted by molar-refractivity contribution is -0.139. The molecule has 1 aromatic heterocycles. The summed E-state index contributed by atoms with van der Waals surface area (Å²) < 4.78 is 0. The summed E-state index contributed by atoms with van der Waals surface area (Å²) in [5.74, 6) is 2.37. The number of hydrogen-bond donors (Lipinski definition) is 1. The van der Waals surface area contributed by atoms with Gasteiger partial charge < -0.3 is 15.1 Å². The molecule has 1 unspecified atom stereocenters. The lowest BCUT2D eigenvalue weighted by Gasteiger charge is -2.37. The number of aromatic nitrogens is 2. The summed E-state index contributed by atoms with van der Waals surface area (Å²) in [7, 11) is 4.08. The maximum atomic E-state index is 13.1. The second-order valence-corrected chi connectivity index (χ2v) is 8.12. The van der Waals surface area contributed by atoms with Gasteiger partial charge in [-0.05, 0) is 45.6 Å². The molecule has 1 aromatic rings. The third-order valence-corrected chi connectivity index (χ3v) is 6.30. The summed E-state index contributed by atoms with van der Waals surface area (Å²) in [5, 5.41) is 3.28. The Morgan fingerprint density at radius 2 is 1.85 bits per heavy atom. The number of carbonyl (C=O) groups excluding carboxylic acids is 1. The maximum Gasteiger partial charge on any atom is 0.226 e. The Labute approximate surface area is 156 Å². The first-order valence-electron chi connectivity index (χ1n) is 10.2. The van der Waals surface area contributed by atoms with Crippen LogP contribution < -0.4 is 5.32 Å². The number of fused-ring (bicyclic) bond motifs is 1. The number of nitrogens with one attached hydrogen (secondary N) is 1. The fraction of sp³-hybridized carbons (Fsp3) is 0.750. The van der Waals surface area contributed by atoms with E-state index in [1.165, 1.54) is 18.4 Å². The third-order valence-electron chi connectivity index (χ3n) is 6.30. The standard InChI is InChI=1S/C20H31N5O/c1-21-18-15-10-12-24(2)13-16(15)22-19(23-18)17-9-5-6-11-25(17)20(26)14-7-3-4-8-14/h14,17H,3-13H2,1-2H3,(H,21,22,23). The van der Waals surface area contributed by atoms with E-state index >= 15 is 0 Å². The van der Waals surface area contributed by atoms with Gasteiger partial charge in [0.25, 0.3) is 0 Å². The van der Waals surface area contributed by atoms with Crippen LogP contribution in [0.15, 0.2) is 0 Å². The van der Waals surface area contributed by atoms with Crippen LogP contribution in [0.5, 0.6) is 0 Å². The molecule has 4 rings (SSSR count). The molecule has 3 aliphatic rings. The SMILES string of the molecule is CNc1nc(C2CCCCN2C(=O)C2CCCC2)nc2c1CCN(C)C2. The summed E-state index contributed by atoms with van der Waals surface area (Å²) in [6, 6.07) is 0.0430. The average Bonchev–Trinajstić information content (AvgIpc) is 3.21. The molecule has 1 amide bonds. The summed E-state index contributed by atoms with van der Waals surface area (Å²) in [4.78, 5) is 27.4. The Morgan fingerprint density at radius 3 is 2.62 bits per heavy atom. The van der Waals surface area contributed by atoms with Crippen molar-refractivity contribution in [3.05, 3.63) is 17.1 Å². The van der Waals surface area contributed by atoms with Gasteiger partial charge in [0.05, 0.1) is 11.7 Å². The molecule has 26 heavy (non-hydrogen) atoms. The summed E-state index contributed by atoms with van der Waals surface area (Å²) in [6.07, 6.45) is 8.71. The van der Waals surface area contributed by atoms with Crippen molar-refractivity contribution in [2.75, 3.05) is 32.5 Å². The molecular formula is C20H31N5O. The predicted molar refractivity (Wildman–Crippen MR) is 102 cm³/mol. The monoisotopic (exact) mass is 357 g/mol. The fourth-order valence-corrected chi connectivity index (χ4v) is 4.81. The lowest BCUT2D eigenvalue weighted by Crippen LogP contribution is -2.42. The number of piperidine rings is 1. The van der Waals surface area contributed by atoms with Crippen LogP contribution in [-0.4, -0.2) is 52.9 Å². The molecule has 2 aliphatic heterocycles. The molecule has 0 radical (unpaired) electrons. The molecular weight excluding hydrogens is 326 g/mol. The normalized spacial score (nSPS) is 24.5. The fourth-order valence-electron chi connectivity index (χ4n) is 4.81. The maximum absolute atomic E-state index is 13.1. The van der Waals surface area contributed by atoms with Gasteiger partial charge in [-0.3, -0.25) is 4.79 Å². The highest BCUT2D eigenvalue weighted by Crippen LogP contribution is 2.35. The number of likely N-dealkylation sites (N-methyl/N-ethyl adjacent to an activating group) is 1. The van der Waals surface area contributed by atoms with Crippen LogP contribution in [0.3, 0.4) is 0 Å². The zero-order valence-electron chi connectivity index (χ0n) is 16.1. The molecule has 6 nitrogen and oxygen atoms in total. The minimum atomic E-state index is 0.0430. The van der Waals surface area contributed by atoms with E-state index in [1.807, 2.05) is 7.05 Å². The zero-order chi connectivity index (χ0) is 18.1. The Kier molecular flexibility index (Phi) is 5.11. The van der Waals surface area contributed by atoms with Gasteiger partial charge in [0.2, 0.25) is 5.91 Å². The zero-order valence-corrected chi connectivity index (χ0v) is 16.1. The van der Waals surface area contributed by atoms with Crippen LogP contribution in [-0.2, 0) is 17.8 Å². The van der Waals surface area contributed by atoms with Crippen molar-refractivity contribution in [1.82, 2.24) is 19.8 Å². The van der Waals surface area contributed by atoms with Crippen LogP contribution >= 0.6 is 0 Å². The second kappa shape index (κ2) is 7.51. The van der Waals surface area contributed by atoms with Crippen LogP contribution in [0.1, 0.15) is 68.1 Å². The van der Waals surface area contributed by atoms with E-state index in [0.29, 0.717) is 5.91 Å². The van der Waals surface area contributed by atoms with Gasteiger partial charge in [-0.25, -0.2) is 9.97 Å². The van der Waals surface area contributed by atoms with Crippen molar-refractivity contribution in [2.24, 2.45) is 5.92 Å². The first-order valence-corrected chi connectivity index (χ1v) is 10.2. The quantitative estimate of drug-likeness (QED) is 0.901. The summed E-state index contributed by atoms with van der Waals surface area (Å²) >= 11 is 0. The smallest absolute Gasteiger partial charge is 0.226 e. The molecule has 1 atom stereocenters. The Balaban J connectivity index is 1.65. The molecule has 1 saturated carbocycles. The first-order chi connectivity index (χ1) is 12.7. The van der Waals surface area contributed by atoms with Crippen LogP contribution in [0.25, 0.3) is 0 Å². The van der Waals surface area contributed by atoms with E-state index < -0.39 is 0 Å². The van der Waals surface area contributed by atoms with Gasteiger partial charge in [0.1, 0.15) is 5.82 Å². The first kappa shape index (κ1) is 17.7. The van der Waals surface area contributed by atoms with Gasteiger partial charge in [-0.2, -0.15) is 0 Å². The van der Waals surface area contributed by atoms with Crippen molar-refractivity contribution in [3.63, 3.8) is 0 Å². The minimum absolute atomic E-state index is 0.0430. The third kappa shape index (κ3) is 3.31. The number of hydrogen-bond acceptors (Lipinski definition) is 5. The van der Waals surface area contributed by atoms with Gasteiger partial charge in [-0.1, -0.05) is 12.8 Å². The summed E-state index contributed by atoms with van der Waals surface area (Å²) in [5.41, 5.74) is 2.38. The van der Waals surface area contributed by atoms with Crippen molar-refractivity contribution >= 4 is 11.7 Å². The van der Waals surface area contributed by atoms with E-state index in [9.17, 15) is 4.79 Å². The van der Waals surface area contributed by atoms with Crippen LogP contribution in [0.2, 0.25) is 0 Å². The van der Waals surface area contributed by atoms with Crippen LogP contribution in [0, 0.1) is 5.92 Å². The van der Waals surface area contributed by atoms with E-state index in [-0.39, 0.29) is 12.0 Å². The number of rotatable bonds is 3. The average molecular weight is 358 g/mol. The van der Waals surface area contributed by atoms with Crippen molar-refractivity contribution in [3.8, 4) is 0 Å². The largest absolute Gasteiger partial charge is 0.373 e. The van der Waals surface area contributed by atoms with Gasteiger partial charge in [-0.15, -0.1) is 0 Å². The highest BCUT2D eigenvalue weighted by atomic mass is 16.2. The van der Waals surface area contributed by atoms with Gasteiger partial charge >= 0.3 is 0 Å². The summed E-state index contributed by atoms with van der Waals surface area (Å²) in [6.45, 7) is 2.76. The number of likely N-dealkylation sites (tertiary alicyclic amines) is 1. The van der Waals surface area contributed by atoms with Gasteiger partial charge in [0.15, 0.2) is 5.82 Å². The highest BCUT2D eigenvalue weighted by molar-refractivity contribution is 5.79. The topological polar surface area (TPSA) is 61.4 Å². The molecule has 6 heteroatoms. The van der Waals surface area contributed by atoms with Crippen molar-refractivity contribution in [2.45, 2.75) is 64.0 Å². The molecule has 1 aliphatic carbocycles. The highest BCUT2D eigenvalue weighted by Gasteiger charge is 2.35. The number of nitrogens with zero attached hydrogens (tertiary/aromatic N) is 4. The van der Waals surface area contributed by atoms with E-state index in [4.69, 9.17) is 9.97 Å².